The molecule has 0 radical (unpaired) electrons. The van der Waals surface area contributed by atoms with Gasteiger partial charge in [-0.25, -0.2) is 0 Å². The summed E-state index contributed by atoms with van der Waals surface area (Å²) in [5.74, 6) is 8.07. The van der Waals surface area contributed by atoms with E-state index in [1.165, 1.54) is 25.7 Å². The third-order valence-corrected chi connectivity index (χ3v) is 13.1. The highest BCUT2D eigenvalue weighted by Crippen LogP contribution is 2.57. The summed E-state index contributed by atoms with van der Waals surface area (Å²) in [6.45, 7) is 12.9. The lowest BCUT2D eigenvalue weighted by atomic mass is 9.57. The van der Waals surface area contributed by atoms with Crippen LogP contribution in [0.1, 0.15) is 78.6 Å². The molecule has 170 valence electrons. The predicted molar refractivity (Wildman–Crippen MR) is 121 cm³/mol. The van der Waals surface area contributed by atoms with Crippen molar-refractivity contribution in [1.29, 1.82) is 0 Å². The summed E-state index contributed by atoms with van der Waals surface area (Å²) >= 11 is 0. The quantitative estimate of drug-likeness (QED) is 0.485. The maximum absolute atomic E-state index is 11.3. The number of hydrogen-bond acceptors (Lipinski definition) is 4. The second kappa shape index (κ2) is 8.19. The molecule has 0 unspecified atom stereocenters. The van der Waals surface area contributed by atoms with E-state index in [2.05, 4.69) is 45.7 Å². The Morgan fingerprint density at radius 3 is 2.37 bits per heavy atom. The van der Waals surface area contributed by atoms with E-state index < -0.39 is 13.9 Å². The van der Waals surface area contributed by atoms with Crippen molar-refractivity contribution < 1.29 is 19.0 Å². The van der Waals surface area contributed by atoms with Gasteiger partial charge >= 0.3 is 0 Å². The van der Waals surface area contributed by atoms with E-state index >= 15 is 0 Å². The maximum Gasteiger partial charge on any atom is 0.193 e. The Morgan fingerprint density at radius 1 is 1.10 bits per heavy atom. The number of rotatable bonds is 4. The number of ether oxygens (including phenoxy) is 2. The van der Waals surface area contributed by atoms with Crippen LogP contribution >= 0.6 is 0 Å². The number of hydrogen-bond donors (Lipinski definition) is 1. The Hall–Kier alpha value is -0.383. The van der Waals surface area contributed by atoms with Crippen molar-refractivity contribution in [3.63, 3.8) is 0 Å². The van der Waals surface area contributed by atoms with Gasteiger partial charge in [-0.05, 0) is 55.7 Å². The van der Waals surface area contributed by atoms with Gasteiger partial charge in [-0.2, -0.15) is 0 Å². The molecule has 1 heterocycles. The molecule has 0 aromatic heterocycles. The Kier molecular flexibility index (Phi) is 6.23. The standard InChI is InChI=1S/C25H42O4Si/c1-23(2,3)30(4,5)29-21(16-19-8-6-7-9-19)10-12-24(26)13-11-22-20(17-24)18-25(22)27-14-15-28-25/h19-22,26H,6-9,11,13-18H2,1-5H3/t20-,21-,22+,24-/m1/s1. The minimum atomic E-state index is -1.90. The summed E-state index contributed by atoms with van der Waals surface area (Å²) < 4.78 is 18.6. The summed E-state index contributed by atoms with van der Waals surface area (Å²) in [5.41, 5.74) is -0.883. The van der Waals surface area contributed by atoms with Gasteiger partial charge in [-0.15, -0.1) is 0 Å². The molecule has 3 aliphatic carbocycles. The van der Waals surface area contributed by atoms with Gasteiger partial charge in [0.1, 0.15) is 11.7 Å². The lowest BCUT2D eigenvalue weighted by Crippen LogP contribution is -2.59. The van der Waals surface area contributed by atoms with Gasteiger partial charge in [0.2, 0.25) is 0 Å². The molecule has 4 aliphatic rings. The predicted octanol–water partition coefficient (Wildman–Crippen LogP) is 5.25. The summed E-state index contributed by atoms with van der Waals surface area (Å²) in [7, 11) is -1.90. The Balaban J connectivity index is 1.43. The van der Waals surface area contributed by atoms with E-state index in [1.54, 1.807) is 0 Å². The van der Waals surface area contributed by atoms with E-state index in [1.807, 2.05) is 0 Å². The molecule has 5 heteroatoms. The zero-order valence-corrected chi connectivity index (χ0v) is 20.8. The van der Waals surface area contributed by atoms with Crippen LogP contribution < -0.4 is 0 Å². The van der Waals surface area contributed by atoms with Gasteiger partial charge in [-0.1, -0.05) is 58.3 Å². The average molecular weight is 435 g/mol. The summed E-state index contributed by atoms with van der Waals surface area (Å²) in [6, 6.07) is 0. The molecule has 3 saturated carbocycles. The molecule has 1 saturated heterocycles. The van der Waals surface area contributed by atoms with Crippen LogP contribution in [-0.4, -0.2) is 44.1 Å². The monoisotopic (exact) mass is 434 g/mol. The number of fused-ring (bicyclic) bond motifs is 2. The molecule has 0 bridgehead atoms. The normalized spacial score (nSPS) is 34.9. The molecule has 1 spiro atoms. The highest BCUT2D eigenvalue weighted by Gasteiger charge is 2.61. The molecule has 4 fully saturated rings. The second-order valence-corrected chi connectivity index (χ2v) is 16.6. The van der Waals surface area contributed by atoms with E-state index in [0.29, 0.717) is 31.5 Å². The molecule has 4 nitrogen and oxygen atoms in total. The summed E-state index contributed by atoms with van der Waals surface area (Å²) in [6.07, 6.45) is 9.55. The van der Waals surface area contributed by atoms with Crippen LogP contribution in [-0.2, 0) is 13.9 Å². The molecule has 30 heavy (non-hydrogen) atoms. The Morgan fingerprint density at radius 2 is 1.77 bits per heavy atom. The van der Waals surface area contributed by atoms with E-state index in [9.17, 15) is 5.11 Å². The number of aliphatic hydroxyl groups is 1. The zero-order valence-electron chi connectivity index (χ0n) is 19.8. The minimum absolute atomic E-state index is 0.0510. The van der Waals surface area contributed by atoms with Crippen molar-refractivity contribution >= 4 is 8.32 Å². The molecular formula is C25H42O4Si. The van der Waals surface area contributed by atoms with Crippen molar-refractivity contribution in [2.45, 2.75) is 114 Å². The molecule has 0 amide bonds. The van der Waals surface area contributed by atoms with Gasteiger partial charge < -0.3 is 19.0 Å². The first-order chi connectivity index (χ1) is 14.0. The second-order valence-electron chi connectivity index (χ2n) is 11.9. The van der Waals surface area contributed by atoms with E-state index in [0.717, 1.165) is 31.6 Å². The molecule has 0 aromatic carbocycles. The van der Waals surface area contributed by atoms with Crippen molar-refractivity contribution in [3.8, 4) is 11.8 Å². The highest BCUT2D eigenvalue weighted by molar-refractivity contribution is 6.74. The van der Waals surface area contributed by atoms with Gasteiger partial charge in [0, 0.05) is 12.3 Å². The first-order valence-corrected chi connectivity index (χ1v) is 15.1. The summed E-state index contributed by atoms with van der Waals surface area (Å²) in [4.78, 5) is 0. The zero-order chi connectivity index (χ0) is 21.6. The fourth-order valence-electron chi connectivity index (χ4n) is 5.81. The topological polar surface area (TPSA) is 47.9 Å². The molecule has 0 aromatic rings. The van der Waals surface area contributed by atoms with Crippen LogP contribution in [0.25, 0.3) is 0 Å². The van der Waals surface area contributed by atoms with Crippen molar-refractivity contribution in [1.82, 2.24) is 0 Å². The summed E-state index contributed by atoms with van der Waals surface area (Å²) in [5, 5.41) is 11.5. The average Bonchev–Trinajstić information content (AvgIpc) is 3.31. The van der Waals surface area contributed by atoms with Crippen molar-refractivity contribution in [2.24, 2.45) is 17.8 Å². The van der Waals surface area contributed by atoms with E-state index in [4.69, 9.17) is 13.9 Å². The molecular weight excluding hydrogens is 392 g/mol. The molecule has 4 rings (SSSR count). The van der Waals surface area contributed by atoms with Crippen molar-refractivity contribution in [2.75, 3.05) is 13.2 Å². The van der Waals surface area contributed by atoms with Gasteiger partial charge in [0.25, 0.3) is 0 Å². The van der Waals surface area contributed by atoms with Crippen LogP contribution in [0, 0.1) is 29.6 Å². The lowest BCUT2D eigenvalue weighted by molar-refractivity contribution is -0.292. The van der Waals surface area contributed by atoms with Crippen molar-refractivity contribution in [3.05, 3.63) is 0 Å². The van der Waals surface area contributed by atoms with Crippen LogP contribution in [0.15, 0.2) is 0 Å². The highest BCUT2D eigenvalue weighted by atomic mass is 28.4. The van der Waals surface area contributed by atoms with Gasteiger partial charge in [0.05, 0.1) is 13.2 Å². The first-order valence-electron chi connectivity index (χ1n) is 12.2. The van der Waals surface area contributed by atoms with Crippen LogP contribution in [0.2, 0.25) is 18.1 Å². The SMILES string of the molecule is CC(C)(C)[Si](C)(C)O[C@H](C#C[C@@]1(O)CC[C@H]2[C@@H](CC23OCCO3)C1)CC1CCCC1. The van der Waals surface area contributed by atoms with Crippen LogP contribution in [0.4, 0.5) is 0 Å². The third-order valence-electron chi connectivity index (χ3n) is 8.66. The van der Waals surface area contributed by atoms with Crippen LogP contribution in [0.3, 0.4) is 0 Å². The maximum atomic E-state index is 11.3. The minimum Gasteiger partial charge on any atom is -0.403 e. The van der Waals surface area contributed by atoms with Crippen LogP contribution in [0.5, 0.6) is 0 Å². The first kappa shape index (κ1) is 22.8. The largest absolute Gasteiger partial charge is 0.403 e. The molecule has 4 atom stereocenters. The Bertz CT molecular complexity index is 675. The lowest BCUT2D eigenvalue weighted by Gasteiger charge is -2.55. The third kappa shape index (κ3) is 4.54. The van der Waals surface area contributed by atoms with E-state index in [-0.39, 0.29) is 16.9 Å². The van der Waals surface area contributed by atoms with Gasteiger partial charge in [0.15, 0.2) is 14.1 Å². The smallest absolute Gasteiger partial charge is 0.193 e. The van der Waals surface area contributed by atoms with Gasteiger partial charge in [-0.3, -0.25) is 0 Å². The molecule has 1 N–H and O–H groups in total. The fraction of sp³-hybridized carbons (Fsp3) is 0.920. The fourth-order valence-corrected chi connectivity index (χ4v) is 7.03. The Labute approximate surface area is 184 Å². The molecule has 1 aliphatic heterocycles.